The average Bonchev–Trinajstić information content (AvgIpc) is 2.52. The highest BCUT2D eigenvalue weighted by atomic mass is 16.5. The molecule has 0 bridgehead atoms. The van der Waals surface area contributed by atoms with Gasteiger partial charge in [-0.3, -0.25) is 4.79 Å². The van der Waals surface area contributed by atoms with E-state index in [1.54, 1.807) is 7.11 Å². The van der Waals surface area contributed by atoms with E-state index in [4.69, 9.17) is 9.47 Å². The summed E-state index contributed by atoms with van der Waals surface area (Å²) < 4.78 is 10.5. The van der Waals surface area contributed by atoms with Crippen molar-refractivity contribution < 1.29 is 14.3 Å². The minimum atomic E-state index is 0.124. The first-order chi connectivity index (χ1) is 9.78. The summed E-state index contributed by atoms with van der Waals surface area (Å²) in [7, 11) is 1.65. The number of benzene rings is 1. The normalized spacial score (nSPS) is 15.8. The first-order valence-corrected chi connectivity index (χ1v) is 7.25. The number of ether oxygens (including phenoxy) is 2. The lowest BCUT2D eigenvalue weighted by atomic mass is 10.0. The second kappa shape index (κ2) is 7.90. The topological polar surface area (TPSA) is 47.6 Å². The molecule has 1 aliphatic heterocycles. The Bertz CT molecular complexity index is 427. The number of nitrogens with one attached hydrogen (secondary N) is 1. The van der Waals surface area contributed by atoms with Crippen molar-refractivity contribution in [2.75, 3.05) is 26.9 Å². The molecule has 4 nitrogen and oxygen atoms in total. The van der Waals surface area contributed by atoms with Gasteiger partial charge in [-0.2, -0.15) is 0 Å². The van der Waals surface area contributed by atoms with Crippen molar-refractivity contribution in [2.24, 2.45) is 5.92 Å². The minimum Gasteiger partial charge on any atom is -0.497 e. The number of carbonyl (C=O) groups excluding carboxylic acids is 1. The Hall–Kier alpha value is -1.55. The lowest BCUT2D eigenvalue weighted by Gasteiger charge is -2.22. The molecule has 0 radical (unpaired) electrons. The fraction of sp³-hybridized carbons (Fsp3) is 0.562. The monoisotopic (exact) mass is 277 g/mol. The van der Waals surface area contributed by atoms with Gasteiger partial charge in [0.15, 0.2) is 0 Å². The summed E-state index contributed by atoms with van der Waals surface area (Å²) >= 11 is 0. The van der Waals surface area contributed by atoms with Crippen molar-refractivity contribution in [3.8, 4) is 5.75 Å². The number of aryl methyl sites for hydroxylation is 1. The van der Waals surface area contributed by atoms with Crippen LogP contribution >= 0.6 is 0 Å². The summed E-state index contributed by atoms with van der Waals surface area (Å²) in [5.74, 6) is 1.54. The third-order valence-corrected chi connectivity index (χ3v) is 3.70. The molecule has 20 heavy (non-hydrogen) atoms. The second-order valence-electron chi connectivity index (χ2n) is 5.21. The molecule has 110 valence electrons. The third-order valence-electron chi connectivity index (χ3n) is 3.70. The minimum absolute atomic E-state index is 0.124. The van der Waals surface area contributed by atoms with Crippen LogP contribution in [0.1, 0.15) is 24.8 Å². The smallest absolute Gasteiger partial charge is 0.220 e. The molecule has 1 N–H and O–H groups in total. The Labute approximate surface area is 120 Å². The molecule has 1 aromatic carbocycles. The predicted molar refractivity (Wildman–Crippen MR) is 77.9 cm³/mol. The second-order valence-corrected chi connectivity index (χ2v) is 5.21. The van der Waals surface area contributed by atoms with Crippen LogP contribution in [0.3, 0.4) is 0 Å². The molecule has 0 aliphatic carbocycles. The molecule has 1 aromatic rings. The van der Waals surface area contributed by atoms with Crippen molar-refractivity contribution in [1.82, 2.24) is 5.32 Å². The Balaban J connectivity index is 1.68. The first-order valence-electron chi connectivity index (χ1n) is 7.25. The van der Waals surface area contributed by atoms with Crippen LogP contribution in [0, 0.1) is 5.92 Å². The fourth-order valence-electron chi connectivity index (χ4n) is 2.38. The quantitative estimate of drug-likeness (QED) is 0.867. The van der Waals surface area contributed by atoms with E-state index in [-0.39, 0.29) is 5.91 Å². The van der Waals surface area contributed by atoms with E-state index in [0.717, 1.165) is 50.3 Å². The molecule has 0 unspecified atom stereocenters. The van der Waals surface area contributed by atoms with Crippen LogP contribution in [0.15, 0.2) is 24.3 Å². The molecule has 4 heteroatoms. The fourth-order valence-corrected chi connectivity index (χ4v) is 2.38. The van der Waals surface area contributed by atoms with Gasteiger partial charge in [0, 0.05) is 26.2 Å². The molecular weight excluding hydrogens is 254 g/mol. The highest BCUT2D eigenvalue weighted by molar-refractivity contribution is 5.76. The standard InChI is InChI=1S/C16H23NO3/c1-19-15-4-2-3-13(11-15)5-6-16(18)17-12-14-7-9-20-10-8-14/h2-4,11,14H,5-10,12H2,1H3,(H,17,18). The molecule has 1 fully saturated rings. The molecular formula is C16H23NO3. The largest absolute Gasteiger partial charge is 0.497 e. The SMILES string of the molecule is COc1cccc(CCC(=O)NCC2CCOCC2)c1. The Kier molecular flexibility index (Phi) is 5.87. The third kappa shape index (κ3) is 4.85. The van der Waals surface area contributed by atoms with E-state index < -0.39 is 0 Å². The van der Waals surface area contributed by atoms with Gasteiger partial charge >= 0.3 is 0 Å². The average molecular weight is 277 g/mol. The van der Waals surface area contributed by atoms with Crippen molar-refractivity contribution in [2.45, 2.75) is 25.7 Å². The number of hydrogen-bond donors (Lipinski definition) is 1. The van der Waals surface area contributed by atoms with E-state index >= 15 is 0 Å². The lowest BCUT2D eigenvalue weighted by molar-refractivity contribution is -0.121. The van der Waals surface area contributed by atoms with Gasteiger partial charge in [0.25, 0.3) is 0 Å². The summed E-state index contributed by atoms with van der Waals surface area (Å²) in [6, 6.07) is 7.86. The van der Waals surface area contributed by atoms with Crippen molar-refractivity contribution in [3.05, 3.63) is 29.8 Å². The zero-order valence-electron chi connectivity index (χ0n) is 12.1. The van der Waals surface area contributed by atoms with Crippen LogP contribution in [0.5, 0.6) is 5.75 Å². The van der Waals surface area contributed by atoms with Crippen LogP contribution < -0.4 is 10.1 Å². The summed E-state index contributed by atoms with van der Waals surface area (Å²) in [4.78, 5) is 11.8. The van der Waals surface area contributed by atoms with E-state index in [2.05, 4.69) is 5.32 Å². The lowest BCUT2D eigenvalue weighted by Crippen LogP contribution is -2.32. The molecule has 1 heterocycles. The Morgan fingerprint density at radius 3 is 2.95 bits per heavy atom. The van der Waals surface area contributed by atoms with Gasteiger partial charge in [0.2, 0.25) is 5.91 Å². The van der Waals surface area contributed by atoms with Gasteiger partial charge in [-0.15, -0.1) is 0 Å². The van der Waals surface area contributed by atoms with Crippen LogP contribution in [0.4, 0.5) is 0 Å². The first kappa shape index (κ1) is 14.9. The molecule has 1 saturated heterocycles. The molecule has 2 rings (SSSR count). The van der Waals surface area contributed by atoms with Gasteiger partial charge in [0.05, 0.1) is 7.11 Å². The molecule has 1 aliphatic rings. The van der Waals surface area contributed by atoms with E-state index in [9.17, 15) is 4.79 Å². The van der Waals surface area contributed by atoms with Crippen molar-refractivity contribution in [3.63, 3.8) is 0 Å². The van der Waals surface area contributed by atoms with E-state index in [1.165, 1.54) is 0 Å². The molecule has 1 amide bonds. The maximum absolute atomic E-state index is 11.8. The van der Waals surface area contributed by atoms with Gasteiger partial charge < -0.3 is 14.8 Å². The highest BCUT2D eigenvalue weighted by Gasteiger charge is 2.14. The highest BCUT2D eigenvalue weighted by Crippen LogP contribution is 2.15. The Morgan fingerprint density at radius 1 is 1.40 bits per heavy atom. The van der Waals surface area contributed by atoms with E-state index in [1.807, 2.05) is 24.3 Å². The zero-order valence-corrected chi connectivity index (χ0v) is 12.1. The summed E-state index contributed by atoms with van der Waals surface area (Å²) in [5.41, 5.74) is 1.13. The summed E-state index contributed by atoms with van der Waals surface area (Å²) in [6.45, 7) is 2.43. The zero-order chi connectivity index (χ0) is 14.2. The number of carbonyl (C=O) groups is 1. The number of amides is 1. The van der Waals surface area contributed by atoms with Gasteiger partial charge in [0.1, 0.15) is 5.75 Å². The number of hydrogen-bond acceptors (Lipinski definition) is 3. The van der Waals surface area contributed by atoms with Gasteiger partial charge in [-0.1, -0.05) is 12.1 Å². The van der Waals surface area contributed by atoms with Crippen LogP contribution in [0.25, 0.3) is 0 Å². The molecule has 0 saturated carbocycles. The summed E-state index contributed by atoms with van der Waals surface area (Å²) in [5, 5.41) is 3.03. The molecule has 0 aromatic heterocycles. The maximum Gasteiger partial charge on any atom is 0.220 e. The number of methoxy groups -OCH3 is 1. The van der Waals surface area contributed by atoms with E-state index in [0.29, 0.717) is 12.3 Å². The van der Waals surface area contributed by atoms with Crippen LogP contribution in [-0.4, -0.2) is 32.8 Å². The van der Waals surface area contributed by atoms with Crippen LogP contribution in [-0.2, 0) is 16.0 Å². The van der Waals surface area contributed by atoms with Crippen molar-refractivity contribution >= 4 is 5.91 Å². The van der Waals surface area contributed by atoms with Crippen molar-refractivity contribution in [1.29, 1.82) is 0 Å². The molecule has 0 spiro atoms. The van der Waals surface area contributed by atoms with Gasteiger partial charge in [-0.05, 0) is 42.9 Å². The van der Waals surface area contributed by atoms with Gasteiger partial charge in [-0.25, -0.2) is 0 Å². The number of rotatable bonds is 6. The summed E-state index contributed by atoms with van der Waals surface area (Å²) in [6.07, 6.45) is 3.37. The molecule has 0 atom stereocenters. The predicted octanol–water partition coefficient (Wildman–Crippen LogP) is 2.17. The maximum atomic E-state index is 11.8. The Morgan fingerprint density at radius 2 is 2.20 bits per heavy atom. The van der Waals surface area contributed by atoms with Crippen LogP contribution in [0.2, 0.25) is 0 Å².